The van der Waals surface area contributed by atoms with Crippen molar-refractivity contribution in [2.45, 2.75) is 12.0 Å². The number of alkyl halides is 1. The van der Waals surface area contributed by atoms with Crippen LogP contribution in [-0.4, -0.2) is 41.4 Å². The fourth-order valence-corrected chi connectivity index (χ4v) is 3.81. The van der Waals surface area contributed by atoms with Crippen LogP contribution in [0.5, 0.6) is 5.75 Å². The molecule has 1 aromatic heterocycles. The number of fused-ring (bicyclic) bond motifs is 1. The van der Waals surface area contributed by atoms with Gasteiger partial charge < -0.3 is 15.4 Å². The van der Waals surface area contributed by atoms with Crippen molar-refractivity contribution < 1.29 is 18.7 Å². The highest BCUT2D eigenvalue weighted by Crippen LogP contribution is 2.45. The van der Waals surface area contributed by atoms with E-state index in [9.17, 15) is 14.0 Å². The van der Waals surface area contributed by atoms with E-state index in [-0.39, 0.29) is 22.8 Å². The summed E-state index contributed by atoms with van der Waals surface area (Å²) in [4.78, 5) is 26.7. The molecule has 1 aliphatic rings. The average Bonchev–Trinajstić information content (AvgIpc) is 3.35. The normalized spacial score (nSPS) is 17.3. The molecule has 2 N–H and O–H groups in total. The Bertz CT molecular complexity index is 1110. The monoisotopic (exact) mass is 408 g/mol. The lowest BCUT2D eigenvalue weighted by Crippen LogP contribution is -2.26. The van der Waals surface area contributed by atoms with Gasteiger partial charge in [-0.05, 0) is 17.7 Å². The standard InChI is InChI=1S/C22H21FN4O3/c1-26-12-15(11-25-26)27(2)22(29)14-8-16-19(13-6-4-3-5-7-13)18(10-23)30-20(16)17(9-14)21(24)28/h3-9,11-12,18-19H,10H2,1-2H3,(H2,24,28)/t18-,19+/m1/s1. The van der Waals surface area contributed by atoms with E-state index in [1.165, 1.54) is 11.0 Å². The van der Waals surface area contributed by atoms with Gasteiger partial charge in [-0.25, -0.2) is 4.39 Å². The third-order valence-corrected chi connectivity index (χ3v) is 5.30. The van der Waals surface area contributed by atoms with Gasteiger partial charge in [-0.3, -0.25) is 14.3 Å². The fraction of sp³-hybridized carbons (Fsp3) is 0.227. The number of carbonyl (C=O) groups excluding carboxylic acids is 2. The van der Waals surface area contributed by atoms with E-state index in [2.05, 4.69) is 5.10 Å². The van der Waals surface area contributed by atoms with E-state index in [0.717, 1.165) is 5.56 Å². The predicted octanol–water partition coefficient (Wildman–Crippen LogP) is 2.66. The zero-order valence-corrected chi connectivity index (χ0v) is 16.6. The molecule has 2 aromatic carbocycles. The smallest absolute Gasteiger partial charge is 0.258 e. The summed E-state index contributed by atoms with van der Waals surface area (Å²) in [5.41, 5.74) is 7.89. The highest BCUT2D eigenvalue weighted by atomic mass is 19.1. The zero-order chi connectivity index (χ0) is 21.4. The van der Waals surface area contributed by atoms with Crippen LogP contribution in [0.25, 0.3) is 0 Å². The molecule has 30 heavy (non-hydrogen) atoms. The number of benzene rings is 2. The number of primary amides is 1. The number of aryl methyl sites for hydroxylation is 1. The molecular weight excluding hydrogens is 387 g/mol. The molecule has 0 aliphatic carbocycles. The third-order valence-electron chi connectivity index (χ3n) is 5.30. The molecule has 0 unspecified atom stereocenters. The molecule has 4 rings (SSSR count). The maximum Gasteiger partial charge on any atom is 0.258 e. The zero-order valence-electron chi connectivity index (χ0n) is 16.6. The number of anilines is 1. The van der Waals surface area contributed by atoms with Gasteiger partial charge in [-0.15, -0.1) is 0 Å². The van der Waals surface area contributed by atoms with Gasteiger partial charge in [0.25, 0.3) is 11.8 Å². The van der Waals surface area contributed by atoms with E-state index in [4.69, 9.17) is 10.5 Å². The summed E-state index contributed by atoms with van der Waals surface area (Å²) < 4.78 is 21.2. The number of rotatable bonds is 5. The Morgan fingerprint density at radius 2 is 2.00 bits per heavy atom. The van der Waals surface area contributed by atoms with Crippen molar-refractivity contribution >= 4 is 17.5 Å². The first-order chi connectivity index (χ1) is 14.4. The molecule has 7 nitrogen and oxygen atoms in total. The highest BCUT2D eigenvalue weighted by Gasteiger charge is 2.39. The van der Waals surface area contributed by atoms with Crippen LogP contribution >= 0.6 is 0 Å². The topological polar surface area (TPSA) is 90.4 Å². The molecule has 3 aromatic rings. The number of nitrogens with two attached hydrogens (primary N) is 1. The number of halogens is 1. The molecule has 2 amide bonds. The van der Waals surface area contributed by atoms with Crippen LogP contribution in [0.4, 0.5) is 10.1 Å². The predicted molar refractivity (Wildman–Crippen MR) is 110 cm³/mol. The highest BCUT2D eigenvalue weighted by molar-refractivity contribution is 6.08. The molecule has 1 aliphatic heterocycles. The summed E-state index contributed by atoms with van der Waals surface area (Å²) in [6, 6.07) is 12.4. The number of hydrogen-bond donors (Lipinski definition) is 1. The Labute approximate surface area is 172 Å². The molecule has 0 saturated heterocycles. The van der Waals surface area contributed by atoms with Gasteiger partial charge in [0.1, 0.15) is 18.5 Å². The Balaban J connectivity index is 1.83. The number of nitrogens with zero attached hydrogens (tertiary/aromatic N) is 3. The number of amides is 2. The van der Waals surface area contributed by atoms with Crippen LogP contribution in [-0.2, 0) is 7.05 Å². The minimum absolute atomic E-state index is 0.0623. The quantitative estimate of drug-likeness (QED) is 0.703. The SMILES string of the molecule is CN(C(=O)c1cc(C(N)=O)c2c(c1)[C@H](c1ccccc1)[C@@H](CF)O2)c1cnn(C)c1. The Morgan fingerprint density at radius 1 is 1.27 bits per heavy atom. The second-order valence-electron chi connectivity index (χ2n) is 7.24. The second-order valence-corrected chi connectivity index (χ2v) is 7.24. The molecule has 2 heterocycles. The summed E-state index contributed by atoms with van der Waals surface area (Å²) in [7, 11) is 3.37. The van der Waals surface area contributed by atoms with Gasteiger partial charge >= 0.3 is 0 Å². The molecule has 0 spiro atoms. The summed E-state index contributed by atoms with van der Waals surface area (Å²) in [5, 5.41) is 4.08. The van der Waals surface area contributed by atoms with Crippen LogP contribution in [0.3, 0.4) is 0 Å². The number of ether oxygens (including phenoxy) is 1. The number of aromatic nitrogens is 2. The molecule has 0 fully saturated rings. The first-order valence-corrected chi connectivity index (χ1v) is 9.42. The average molecular weight is 408 g/mol. The van der Waals surface area contributed by atoms with E-state index < -0.39 is 24.6 Å². The van der Waals surface area contributed by atoms with Crippen LogP contribution in [0, 0.1) is 0 Å². The molecule has 0 bridgehead atoms. The van der Waals surface area contributed by atoms with E-state index in [0.29, 0.717) is 11.3 Å². The van der Waals surface area contributed by atoms with Gasteiger partial charge in [0.2, 0.25) is 0 Å². The third kappa shape index (κ3) is 3.30. The van der Waals surface area contributed by atoms with Crippen LogP contribution in [0.1, 0.15) is 37.8 Å². The van der Waals surface area contributed by atoms with Crippen LogP contribution < -0.4 is 15.4 Å². The van der Waals surface area contributed by atoms with Gasteiger partial charge in [0.05, 0.1) is 23.4 Å². The first-order valence-electron chi connectivity index (χ1n) is 9.42. The summed E-state index contributed by atoms with van der Waals surface area (Å²) in [5.74, 6) is -1.31. The molecule has 0 radical (unpaired) electrons. The number of carbonyl (C=O) groups is 2. The van der Waals surface area contributed by atoms with Crippen molar-refractivity contribution in [3.63, 3.8) is 0 Å². The van der Waals surface area contributed by atoms with Gasteiger partial charge in [0, 0.05) is 31.4 Å². The van der Waals surface area contributed by atoms with Crippen molar-refractivity contribution in [2.75, 3.05) is 18.6 Å². The Morgan fingerprint density at radius 3 is 2.60 bits per heavy atom. The molecule has 2 atom stereocenters. The van der Waals surface area contributed by atoms with E-state index >= 15 is 0 Å². The summed E-state index contributed by atoms with van der Waals surface area (Å²) >= 11 is 0. The first kappa shape index (κ1) is 19.6. The minimum Gasteiger partial charge on any atom is -0.486 e. The van der Waals surface area contributed by atoms with E-state index in [1.807, 2.05) is 30.3 Å². The molecule has 0 saturated carbocycles. The molecule has 154 valence electrons. The molecule has 8 heteroatoms. The van der Waals surface area contributed by atoms with Gasteiger partial charge in [0.15, 0.2) is 0 Å². The molecular formula is C22H21FN4O3. The Hall–Kier alpha value is -3.68. The van der Waals surface area contributed by atoms with Gasteiger partial charge in [-0.1, -0.05) is 30.3 Å². The second kappa shape index (κ2) is 7.62. The maximum atomic E-state index is 13.8. The number of hydrogen-bond acceptors (Lipinski definition) is 4. The largest absolute Gasteiger partial charge is 0.486 e. The van der Waals surface area contributed by atoms with Gasteiger partial charge in [-0.2, -0.15) is 5.10 Å². The van der Waals surface area contributed by atoms with Crippen molar-refractivity contribution in [3.8, 4) is 5.75 Å². The van der Waals surface area contributed by atoms with Crippen molar-refractivity contribution in [1.82, 2.24) is 9.78 Å². The van der Waals surface area contributed by atoms with Crippen molar-refractivity contribution in [3.05, 3.63) is 77.1 Å². The fourth-order valence-electron chi connectivity index (χ4n) is 3.81. The van der Waals surface area contributed by atoms with Crippen molar-refractivity contribution in [2.24, 2.45) is 12.8 Å². The lowest BCUT2D eigenvalue weighted by Gasteiger charge is -2.18. The van der Waals surface area contributed by atoms with Crippen LogP contribution in [0.15, 0.2) is 54.9 Å². The Kier molecular flexibility index (Phi) is 4.99. The lowest BCUT2D eigenvalue weighted by molar-refractivity contribution is 0.0992. The van der Waals surface area contributed by atoms with E-state index in [1.54, 1.807) is 37.2 Å². The van der Waals surface area contributed by atoms with Crippen molar-refractivity contribution in [1.29, 1.82) is 0 Å². The van der Waals surface area contributed by atoms with Crippen LogP contribution in [0.2, 0.25) is 0 Å². The summed E-state index contributed by atoms with van der Waals surface area (Å²) in [6.45, 7) is -0.745. The minimum atomic E-state index is -0.804. The maximum absolute atomic E-state index is 13.8. The summed E-state index contributed by atoms with van der Waals surface area (Å²) in [6.07, 6.45) is 2.46. The lowest BCUT2D eigenvalue weighted by atomic mass is 9.86.